The fourth-order valence-electron chi connectivity index (χ4n) is 3.56. The molecule has 2 nitrogen and oxygen atoms in total. The second-order valence-electron chi connectivity index (χ2n) is 5.48. The van der Waals surface area contributed by atoms with Crippen LogP contribution in [-0.2, 0) is 0 Å². The van der Waals surface area contributed by atoms with E-state index in [9.17, 15) is 0 Å². The van der Waals surface area contributed by atoms with Crippen LogP contribution >= 0.6 is 0 Å². The zero-order valence-electron chi connectivity index (χ0n) is 11.0. The van der Waals surface area contributed by atoms with Crippen LogP contribution in [0.3, 0.4) is 0 Å². The Hall–Kier alpha value is -0.0800. The van der Waals surface area contributed by atoms with Crippen LogP contribution in [0, 0.1) is 5.92 Å². The first-order valence-electron chi connectivity index (χ1n) is 7.33. The highest BCUT2D eigenvalue weighted by atomic mass is 15.2. The van der Waals surface area contributed by atoms with E-state index in [0.29, 0.717) is 0 Å². The van der Waals surface area contributed by atoms with Crippen LogP contribution in [0.4, 0.5) is 0 Å². The average Bonchev–Trinajstić information content (AvgIpc) is 2.77. The maximum atomic E-state index is 3.52. The molecule has 2 aliphatic rings. The Morgan fingerprint density at radius 1 is 1.06 bits per heavy atom. The summed E-state index contributed by atoms with van der Waals surface area (Å²) in [6.07, 6.45) is 8.73. The smallest absolute Gasteiger partial charge is 0.0139 e. The molecule has 1 N–H and O–H groups in total. The molecule has 0 bridgehead atoms. The molecule has 94 valence electrons. The lowest BCUT2D eigenvalue weighted by Gasteiger charge is -2.47. The molecule has 0 radical (unpaired) electrons. The summed E-state index contributed by atoms with van der Waals surface area (Å²) in [4.78, 5) is 2.82. The summed E-state index contributed by atoms with van der Waals surface area (Å²) in [5.41, 5.74) is 0. The minimum Gasteiger partial charge on any atom is -0.317 e. The van der Waals surface area contributed by atoms with Crippen molar-refractivity contribution in [3.05, 3.63) is 0 Å². The van der Waals surface area contributed by atoms with Gasteiger partial charge in [0.2, 0.25) is 0 Å². The first-order valence-corrected chi connectivity index (χ1v) is 7.33. The van der Waals surface area contributed by atoms with Gasteiger partial charge < -0.3 is 5.32 Å². The van der Waals surface area contributed by atoms with E-state index in [2.05, 4.69) is 24.1 Å². The fourth-order valence-corrected chi connectivity index (χ4v) is 3.56. The van der Waals surface area contributed by atoms with E-state index in [1.165, 1.54) is 51.6 Å². The molecule has 2 rings (SSSR count). The predicted molar refractivity (Wildman–Crippen MR) is 69.7 cm³/mol. The van der Waals surface area contributed by atoms with Crippen LogP contribution in [0.5, 0.6) is 0 Å². The normalized spacial score (nSPS) is 30.9. The van der Waals surface area contributed by atoms with Crippen LogP contribution < -0.4 is 5.32 Å². The van der Waals surface area contributed by atoms with Gasteiger partial charge in [0.1, 0.15) is 0 Å². The van der Waals surface area contributed by atoms with Gasteiger partial charge in [-0.2, -0.15) is 0 Å². The Morgan fingerprint density at radius 3 is 2.31 bits per heavy atom. The van der Waals surface area contributed by atoms with Gasteiger partial charge in [-0.3, -0.25) is 4.90 Å². The Kier molecular flexibility index (Phi) is 4.66. The van der Waals surface area contributed by atoms with Crippen molar-refractivity contribution in [2.24, 2.45) is 5.92 Å². The van der Waals surface area contributed by atoms with Crippen molar-refractivity contribution in [1.82, 2.24) is 10.2 Å². The predicted octanol–water partition coefficient (Wildman–Crippen LogP) is 2.64. The highest BCUT2D eigenvalue weighted by Crippen LogP contribution is 2.36. The molecule has 16 heavy (non-hydrogen) atoms. The SMILES string of the molecule is CCNCC1CCC1N(CC)C1CCCC1. The summed E-state index contributed by atoms with van der Waals surface area (Å²) in [7, 11) is 0. The molecular formula is C14H28N2. The highest BCUT2D eigenvalue weighted by molar-refractivity contribution is 4.93. The lowest BCUT2D eigenvalue weighted by molar-refractivity contribution is 0.0334. The molecule has 0 saturated heterocycles. The van der Waals surface area contributed by atoms with Crippen LogP contribution in [-0.4, -0.2) is 36.6 Å². The average molecular weight is 224 g/mol. The molecule has 0 spiro atoms. The van der Waals surface area contributed by atoms with Crippen LogP contribution in [0.15, 0.2) is 0 Å². The zero-order chi connectivity index (χ0) is 11.4. The van der Waals surface area contributed by atoms with Crippen LogP contribution in [0.25, 0.3) is 0 Å². The van der Waals surface area contributed by atoms with E-state index >= 15 is 0 Å². The van der Waals surface area contributed by atoms with E-state index in [4.69, 9.17) is 0 Å². The summed E-state index contributed by atoms with van der Waals surface area (Å²) >= 11 is 0. The van der Waals surface area contributed by atoms with Gasteiger partial charge in [0.25, 0.3) is 0 Å². The highest BCUT2D eigenvalue weighted by Gasteiger charge is 2.37. The Bertz CT molecular complexity index is 199. The number of nitrogens with zero attached hydrogens (tertiary/aromatic N) is 1. The molecule has 0 aliphatic heterocycles. The second-order valence-corrected chi connectivity index (χ2v) is 5.48. The van der Waals surface area contributed by atoms with Crippen molar-refractivity contribution in [3.63, 3.8) is 0 Å². The largest absolute Gasteiger partial charge is 0.317 e. The van der Waals surface area contributed by atoms with Gasteiger partial charge in [-0.1, -0.05) is 26.7 Å². The van der Waals surface area contributed by atoms with E-state index < -0.39 is 0 Å². The van der Waals surface area contributed by atoms with Crippen LogP contribution in [0.1, 0.15) is 52.4 Å². The monoisotopic (exact) mass is 224 g/mol. The van der Waals surface area contributed by atoms with Crippen molar-refractivity contribution in [3.8, 4) is 0 Å². The van der Waals surface area contributed by atoms with E-state index in [1.54, 1.807) is 0 Å². The zero-order valence-corrected chi connectivity index (χ0v) is 11.0. The first kappa shape index (κ1) is 12.4. The van der Waals surface area contributed by atoms with Crippen molar-refractivity contribution >= 4 is 0 Å². The lowest BCUT2D eigenvalue weighted by Crippen LogP contribution is -2.53. The number of hydrogen-bond acceptors (Lipinski definition) is 2. The quantitative estimate of drug-likeness (QED) is 0.746. The van der Waals surface area contributed by atoms with Crippen molar-refractivity contribution < 1.29 is 0 Å². The fraction of sp³-hybridized carbons (Fsp3) is 1.00. The third-order valence-corrected chi connectivity index (χ3v) is 4.62. The molecule has 0 heterocycles. The lowest BCUT2D eigenvalue weighted by atomic mass is 9.77. The van der Waals surface area contributed by atoms with Gasteiger partial charge in [-0.25, -0.2) is 0 Å². The minimum absolute atomic E-state index is 0.896. The number of rotatable bonds is 6. The number of hydrogen-bond donors (Lipinski definition) is 1. The number of nitrogens with one attached hydrogen (secondary N) is 1. The molecule has 2 atom stereocenters. The summed E-state index contributed by atoms with van der Waals surface area (Å²) in [5.74, 6) is 0.931. The summed E-state index contributed by atoms with van der Waals surface area (Å²) in [5, 5.41) is 3.52. The standard InChI is InChI=1S/C14H28N2/c1-3-15-11-12-9-10-14(12)16(4-2)13-7-5-6-8-13/h12-15H,3-11H2,1-2H3. The van der Waals surface area contributed by atoms with Gasteiger partial charge in [-0.05, 0) is 51.2 Å². The Balaban J connectivity index is 1.83. The molecule has 2 unspecified atom stereocenters. The van der Waals surface area contributed by atoms with E-state index in [0.717, 1.165) is 24.5 Å². The van der Waals surface area contributed by atoms with Crippen molar-refractivity contribution in [2.45, 2.75) is 64.5 Å². The third kappa shape index (κ3) is 2.60. The third-order valence-electron chi connectivity index (χ3n) is 4.62. The first-order chi connectivity index (χ1) is 7.86. The van der Waals surface area contributed by atoms with Gasteiger partial charge in [0.15, 0.2) is 0 Å². The van der Waals surface area contributed by atoms with Gasteiger partial charge in [-0.15, -0.1) is 0 Å². The van der Waals surface area contributed by atoms with Crippen molar-refractivity contribution in [2.75, 3.05) is 19.6 Å². The molecule has 2 heteroatoms. The Labute approximate surface area is 101 Å². The van der Waals surface area contributed by atoms with E-state index in [1.807, 2.05) is 0 Å². The summed E-state index contributed by atoms with van der Waals surface area (Å²) in [6, 6.07) is 1.81. The van der Waals surface area contributed by atoms with E-state index in [-0.39, 0.29) is 0 Å². The summed E-state index contributed by atoms with van der Waals surface area (Å²) in [6.45, 7) is 8.18. The van der Waals surface area contributed by atoms with Gasteiger partial charge >= 0.3 is 0 Å². The minimum atomic E-state index is 0.896. The maximum Gasteiger partial charge on any atom is 0.0139 e. The molecular weight excluding hydrogens is 196 g/mol. The van der Waals surface area contributed by atoms with Gasteiger partial charge in [0, 0.05) is 12.1 Å². The molecule has 2 fully saturated rings. The van der Waals surface area contributed by atoms with Gasteiger partial charge in [0.05, 0.1) is 0 Å². The molecule has 2 saturated carbocycles. The van der Waals surface area contributed by atoms with Crippen molar-refractivity contribution in [1.29, 1.82) is 0 Å². The molecule has 0 aromatic heterocycles. The molecule has 0 amide bonds. The second kappa shape index (κ2) is 6.02. The maximum absolute atomic E-state index is 3.52. The topological polar surface area (TPSA) is 15.3 Å². The molecule has 0 aromatic rings. The Morgan fingerprint density at radius 2 is 1.81 bits per heavy atom. The molecule has 0 aromatic carbocycles. The van der Waals surface area contributed by atoms with Crippen LogP contribution in [0.2, 0.25) is 0 Å². The summed E-state index contributed by atoms with van der Waals surface area (Å²) < 4.78 is 0. The molecule has 2 aliphatic carbocycles.